The Kier molecular flexibility index (Phi) is 7.66. The van der Waals surface area contributed by atoms with E-state index in [1.54, 1.807) is 4.90 Å². The molecular formula is C35H39N3O2. The first-order valence-electron chi connectivity index (χ1n) is 14.2. The van der Waals surface area contributed by atoms with Crippen molar-refractivity contribution >= 4 is 17.5 Å². The minimum Gasteiger partial charge on any atom is -0.329 e. The number of aryl methyl sites for hydroxylation is 1. The van der Waals surface area contributed by atoms with Gasteiger partial charge in [-0.1, -0.05) is 88.2 Å². The zero-order valence-corrected chi connectivity index (χ0v) is 24.2. The Hall–Kier alpha value is -4.12. The summed E-state index contributed by atoms with van der Waals surface area (Å²) in [6.07, 6.45) is 3.82. The average Bonchev–Trinajstić information content (AvgIpc) is 3.44. The van der Waals surface area contributed by atoms with Gasteiger partial charge in [-0.2, -0.15) is 0 Å². The first-order valence-corrected chi connectivity index (χ1v) is 14.2. The van der Waals surface area contributed by atoms with Gasteiger partial charge in [-0.05, 0) is 66.3 Å². The van der Waals surface area contributed by atoms with Crippen LogP contribution in [0.2, 0.25) is 0 Å². The maximum atomic E-state index is 14.4. The standard InChI is InChI=1S/C35H39N3O2/c1-6-7-22-36(34(40)27-18-20-28(21-19-27)35(3,4)5)24-32(39)38-30-12-9-8-11-29(30)37-23-10-13-31(37)33(38)26-16-14-25(2)15-17-26/h8-21,23,33H,6-7,22,24H2,1-5H3. The Balaban J connectivity index is 1.51. The molecule has 0 radical (unpaired) electrons. The lowest BCUT2D eigenvalue weighted by molar-refractivity contribution is -0.119. The quantitative estimate of drug-likeness (QED) is 0.247. The van der Waals surface area contributed by atoms with Crippen LogP contribution in [0.1, 0.15) is 79.3 Å². The topological polar surface area (TPSA) is 45.6 Å². The maximum Gasteiger partial charge on any atom is 0.254 e. The minimum absolute atomic E-state index is 0.00372. The van der Waals surface area contributed by atoms with Crippen LogP contribution in [-0.2, 0) is 10.2 Å². The SMILES string of the molecule is CCCCN(CC(=O)N1c2ccccc2-n2cccc2C1c1ccc(C)cc1)C(=O)c1ccc(C(C)(C)C)cc1. The second kappa shape index (κ2) is 11.2. The number of hydrogen-bond acceptors (Lipinski definition) is 2. The van der Waals surface area contributed by atoms with Crippen molar-refractivity contribution in [3.8, 4) is 5.69 Å². The molecule has 0 saturated heterocycles. The minimum atomic E-state index is -0.299. The van der Waals surface area contributed by atoms with E-state index in [0.717, 1.165) is 35.5 Å². The number of carbonyl (C=O) groups is 2. The largest absolute Gasteiger partial charge is 0.329 e. The maximum absolute atomic E-state index is 14.4. The summed E-state index contributed by atoms with van der Waals surface area (Å²) in [5, 5.41) is 0. The first kappa shape index (κ1) is 27.4. The number of hydrogen-bond donors (Lipinski definition) is 0. The Labute approximate surface area is 238 Å². The molecule has 5 nitrogen and oxygen atoms in total. The second-order valence-corrected chi connectivity index (χ2v) is 11.8. The average molecular weight is 534 g/mol. The summed E-state index contributed by atoms with van der Waals surface area (Å²) in [6.45, 7) is 11.2. The Morgan fingerprint density at radius 1 is 0.850 bits per heavy atom. The van der Waals surface area contributed by atoms with E-state index < -0.39 is 0 Å². The van der Waals surface area contributed by atoms with Crippen molar-refractivity contribution in [3.05, 3.63) is 119 Å². The van der Waals surface area contributed by atoms with Crippen molar-refractivity contribution < 1.29 is 9.59 Å². The van der Waals surface area contributed by atoms with Gasteiger partial charge < -0.3 is 9.47 Å². The zero-order valence-electron chi connectivity index (χ0n) is 24.2. The van der Waals surface area contributed by atoms with E-state index in [0.29, 0.717) is 12.1 Å². The number of nitrogens with zero attached hydrogens (tertiary/aromatic N) is 3. The predicted molar refractivity (Wildman–Crippen MR) is 162 cm³/mol. The van der Waals surface area contributed by atoms with Crippen molar-refractivity contribution in [1.82, 2.24) is 9.47 Å². The summed E-state index contributed by atoms with van der Waals surface area (Å²) in [6, 6.07) is 28.0. The molecule has 2 amide bonds. The van der Waals surface area contributed by atoms with Gasteiger partial charge in [0.15, 0.2) is 0 Å². The number of amides is 2. The van der Waals surface area contributed by atoms with Gasteiger partial charge >= 0.3 is 0 Å². The van der Waals surface area contributed by atoms with Gasteiger partial charge in [-0.15, -0.1) is 0 Å². The van der Waals surface area contributed by atoms with Gasteiger partial charge in [0.05, 0.1) is 17.1 Å². The van der Waals surface area contributed by atoms with Crippen LogP contribution in [0.15, 0.2) is 91.1 Å². The second-order valence-electron chi connectivity index (χ2n) is 11.8. The van der Waals surface area contributed by atoms with E-state index in [1.165, 1.54) is 11.1 Å². The number of fused-ring (bicyclic) bond motifs is 3. The molecule has 206 valence electrons. The van der Waals surface area contributed by atoms with Crippen LogP contribution in [0, 0.1) is 6.92 Å². The highest BCUT2D eigenvalue weighted by molar-refractivity contribution is 6.02. The molecule has 0 aliphatic carbocycles. The van der Waals surface area contributed by atoms with Gasteiger partial charge in [0.1, 0.15) is 12.6 Å². The fraction of sp³-hybridized carbons (Fsp3) is 0.314. The molecule has 2 heterocycles. The van der Waals surface area contributed by atoms with Crippen LogP contribution < -0.4 is 4.90 Å². The molecule has 0 bridgehead atoms. The summed E-state index contributed by atoms with van der Waals surface area (Å²) >= 11 is 0. The van der Waals surface area contributed by atoms with Gasteiger partial charge in [0.2, 0.25) is 5.91 Å². The van der Waals surface area contributed by atoms with Crippen molar-refractivity contribution in [2.45, 2.75) is 58.9 Å². The summed E-state index contributed by atoms with van der Waals surface area (Å²) in [4.78, 5) is 31.7. The van der Waals surface area contributed by atoms with Crippen molar-refractivity contribution in [2.24, 2.45) is 0 Å². The smallest absolute Gasteiger partial charge is 0.254 e. The molecule has 5 rings (SSSR count). The lowest BCUT2D eigenvalue weighted by Crippen LogP contribution is -2.47. The zero-order chi connectivity index (χ0) is 28.4. The van der Waals surface area contributed by atoms with E-state index in [9.17, 15) is 9.59 Å². The number of anilines is 1. The van der Waals surface area contributed by atoms with Crippen LogP contribution in [0.4, 0.5) is 5.69 Å². The van der Waals surface area contributed by atoms with Gasteiger partial charge in [0, 0.05) is 18.3 Å². The fourth-order valence-corrected chi connectivity index (χ4v) is 5.46. The van der Waals surface area contributed by atoms with Crippen LogP contribution in [0.3, 0.4) is 0 Å². The predicted octanol–water partition coefficient (Wildman–Crippen LogP) is 7.46. The monoisotopic (exact) mass is 533 g/mol. The molecule has 0 saturated carbocycles. The molecule has 0 fully saturated rings. The van der Waals surface area contributed by atoms with Gasteiger partial charge in [0.25, 0.3) is 5.91 Å². The highest BCUT2D eigenvalue weighted by atomic mass is 16.2. The third-order valence-electron chi connectivity index (χ3n) is 7.77. The lowest BCUT2D eigenvalue weighted by Gasteiger charge is -2.39. The van der Waals surface area contributed by atoms with E-state index in [4.69, 9.17) is 0 Å². The van der Waals surface area contributed by atoms with Crippen LogP contribution in [-0.4, -0.2) is 34.4 Å². The molecule has 4 aromatic rings. The Morgan fingerprint density at radius 3 is 2.17 bits per heavy atom. The molecule has 40 heavy (non-hydrogen) atoms. The molecule has 1 atom stereocenters. The van der Waals surface area contributed by atoms with Crippen molar-refractivity contribution in [2.75, 3.05) is 18.0 Å². The molecule has 5 heteroatoms. The summed E-state index contributed by atoms with van der Waals surface area (Å²) in [5.41, 5.74) is 6.83. The Bertz CT molecular complexity index is 1490. The van der Waals surface area contributed by atoms with E-state index in [1.807, 2.05) is 59.5 Å². The molecule has 0 N–H and O–H groups in total. The highest BCUT2D eigenvalue weighted by Gasteiger charge is 2.37. The molecule has 1 aromatic heterocycles. The summed E-state index contributed by atoms with van der Waals surface area (Å²) in [5.74, 6) is -0.205. The molecular weight excluding hydrogens is 494 g/mol. The normalized spacial score (nSPS) is 14.4. The molecule has 0 spiro atoms. The lowest BCUT2D eigenvalue weighted by atomic mass is 9.86. The third kappa shape index (κ3) is 5.33. The molecule has 1 unspecified atom stereocenters. The summed E-state index contributed by atoms with van der Waals surface area (Å²) < 4.78 is 2.17. The van der Waals surface area contributed by atoms with Crippen LogP contribution in [0.25, 0.3) is 5.69 Å². The van der Waals surface area contributed by atoms with E-state index in [-0.39, 0.29) is 29.8 Å². The van der Waals surface area contributed by atoms with Crippen molar-refractivity contribution in [1.29, 1.82) is 0 Å². The number of unbranched alkanes of at least 4 members (excludes halogenated alkanes) is 1. The number of benzene rings is 3. The van der Waals surface area contributed by atoms with Crippen molar-refractivity contribution in [3.63, 3.8) is 0 Å². The van der Waals surface area contributed by atoms with Gasteiger partial charge in [-0.25, -0.2) is 0 Å². The van der Waals surface area contributed by atoms with E-state index >= 15 is 0 Å². The highest BCUT2D eigenvalue weighted by Crippen LogP contribution is 2.42. The molecule has 3 aromatic carbocycles. The number of rotatable bonds is 7. The van der Waals surface area contributed by atoms with E-state index in [2.05, 4.69) is 75.7 Å². The number of aromatic nitrogens is 1. The fourth-order valence-electron chi connectivity index (χ4n) is 5.46. The Morgan fingerprint density at radius 2 is 1.52 bits per heavy atom. The van der Waals surface area contributed by atoms with Crippen LogP contribution in [0.5, 0.6) is 0 Å². The number of carbonyl (C=O) groups excluding carboxylic acids is 2. The first-order chi connectivity index (χ1) is 19.2. The third-order valence-corrected chi connectivity index (χ3v) is 7.77. The van der Waals surface area contributed by atoms with Crippen LogP contribution >= 0.6 is 0 Å². The molecule has 1 aliphatic heterocycles. The molecule has 1 aliphatic rings. The van der Waals surface area contributed by atoms with Gasteiger partial charge in [-0.3, -0.25) is 14.5 Å². The summed E-state index contributed by atoms with van der Waals surface area (Å²) in [7, 11) is 0. The number of para-hydroxylation sites is 2.